The van der Waals surface area contributed by atoms with Gasteiger partial charge in [0.1, 0.15) is 11.6 Å². The van der Waals surface area contributed by atoms with E-state index in [9.17, 15) is 4.39 Å². The summed E-state index contributed by atoms with van der Waals surface area (Å²) < 4.78 is 18.4. The third kappa shape index (κ3) is 2.84. The molecule has 0 heterocycles. The summed E-state index contributed by atoms with van der Waals surface area (Å²) >= 11 is 0. The van der Waals surface area contributed by atoms with E-state index >= 15 is 0 Å². The maximum absolute atomic E-state index is 13.0. The van der Waals surface area contributed by atoms with Crippen LogP contribution in [0.4, 0.5) is 4.39 Å². The second-order valence-electron chi connectivity index (χ2n) is 3.69. The zero-order chi connectivity index (χ0) is 10.6. The van der Waals surface area contributed by atoms with Gasteiger partial charge in [-0.15, -0.1) is 0 Å². The molecule has 2 nitrogen and oxygen atoms in total. The third-order valence-corrected chi connectivity index (χ3v) is 2.36. The van der Waals surface area contributed by atoms with E-state index < -0.39 is 0 Å². The van der Waals surface area contributed by atoms with Crippen molar-refractivity contribution < 1.29 is 9.13 Å². The first-order chi connectivity index (χ1) is 6.65. The van der Waals surface area contributed by atoms with Gasteiger partial charge >= 0.3 is 0 Å². The first kappa shape index (κ1) is 11.2. The zero-order valence-corrected chi connectivity index (χ0v) is 8.79. The van der Waals surface area contributed by atoms with E-state index in [1.54, 1.807) is 0 Å². The van der Waals surface area contributed by atoms with E-state index in [0.29, 0.717) is 12.4 Å². The lowest BCUT2D eigenvalue weighted by atomic mass is 9.96. The molecule has 80 valence electrons. The van der Waals surface area contributed by atoms with Gasteiger partial charge in [0.25, 0.3) is 0 Å². The summed E-state index contributed by atoms with van der Waals surface area (Å²) in [5.41, 5.74) is 5.86. The van der Waals surface area contributed by atoms with Crippen LogP contribution in [0.3, 0.4) is 0 Å². The summed E-state index contributed by atoms with van der Waals surface area (Å²) in [6, 6.07) is -0.202. The number of nitrogens with two attached hydrogens (primary N) is 1. The monoisotopic (exact) mass is 199 g/mol. The van der Waals surface area contributed by atoms with Crippen LogP contribution >= 0.6 is 0 Å². The van der Waals surface area contributed by atoms with Gasteiger partial charge < -0.3 is 10.5 Å². The molecule has 0 amide bonds. The van der Waals surface area contributed by atoms with Crippen molar-refractivity contribution in [2.24, 2.45) is 11.7 Å². The van der Waals surface area contributed by atoms with E-state index in [2.05, 4.69) is 6.92 Å². The molecule has 0 aromatic heterocycles. The van der Waals surface area contributed by atoms with E-state index in [4.69, 9.17) is 10.5 Å². The Balaban J connectivity index is 2.53. The van der Waals surface area contributed by atoms with Crippen molar-refractivity contribution in [1.82, 2.24) is 0 Å². The minimum absolute atomic E-state index is 0.0108. The number of allylic oxidation sites excluding steroid dienone is 2. The van der Waals surface area contributed by atoms with Crippen LogP contribution < -0.4 is 5.73 Å². The Labute approximate surface area is 84.6 Å². The van der Waals surface area contributed by atoms with Gasteiger partial charge in [0.05, 0.1) is 12.6 Å². The van der Waals surface area contributed by atoms with E-state index in [0.717, 1.165) is 12.8 Å². The van der Waals surface area contributed by atoms with Gasteiger partial charge in [-0.2, -0.15) is 0 Å². The van der Waals surface area contributed by atoms with Gasteiger partial charge in [0.2, 0.25) is 0 Å². The number of rotatable bonds is 4. The quantitative estimate of drug-likeness (QED) is 0.706. The molecule has 2 atom stereocenters. The van der Waals surface area contributed by atoms with Gasteiger partial charge in [-0.3, -0.25) is 0 Å². The largest absolute Gasteiger partial charge is 0.496 e. The Morgan fingerprint density at radius 2 is 2.29 bits per heavy atom. The fraction of sp³-hybridized carbons (Fsp3) is 0.636. The predicted molar refractivity (Wildman–Crippen MR) is 55.3 cm³/mol. The van der Waals surface area contributed by atoms with Crippen molar-refractivity contribution in [1.29, 1.82) is 0 Å². The molecule has 0 saturated carbocycles. The Kier molecular flexibility index (Phi) is 4.14. The summed E-state index contributed by atoms with van der Waals surface area (Å²) in [6.07, 6.45) is 4.96. The molecule has 0 saturated heterocycles. The van der Waals surface area contributed by atoms with Crippen molar-refractivity contribution in [3.63, 3.8) is 0 Å². The molecule has 1 rings (SSSR count). The van der Waals surface area contributed by atoms with Crippen molar-refractivity contribution in [3.8, 4) is 0 Å². The van der Waals surface area contributed by atoms with Crippen LogP contribution in [0.5, 0.6) is 0 Å². The average Bonchev–Trinajstić information content (AvgIpc) is 2.13. The van der Waals surface area contributed by atoms with Crippen LogP contribution in [-0.4, -0.2) is 12.6 Å². The zero-order valence-electron chi connectivity index (χ0n) is 8.79. The van der Waals surface area contributed by atoms with Gasteiger partial charge in [-0.1, -0.05) is 20.3 Å². The van der Waals surface area contributed by atoms with E-state index in [1.807, 2.05) is 6.92 Å². The molecular weight excluding hydrogens is 181 g/mol. The molecule has 0 bridgehead atoms. The average molecular weight is 199 g/mol. The Morgan fingerprint density at radius 3 is 2.93 bits per heavy atom. The molecule has 0 aromatic rings. The van der Waals surface area contributed by atoms with Gasteiger partial charge in [0, 0.05) is 6.08 Å². The Morgan fingerprint density at radius 1 is 1.57 bits per heavy atom. The summed E-state index contributed by atoms with van der Waals surface area (Å²) in [7, 11) is 0. The smallest absolute Gasteiger partial charge is 0.122 e. The molecule has 3 heteroatoms. The standard InChI is InChI=1S/C11H18FNO/c1-3-4-5-14-10-7-9(12)6-8(2)11(10)13/h6-8,11H,3-5,13H2,1-2H3. The number of ether oxygens (including phenoxy) is 1. The molecule has 0 fully saturated rings. The lowest BCUT2D eigenvalue weighted by Crippen LogP contribution is -2.32. The summed E-state index contributed by atoms with van der Waals surface area (Å²) in [6.45, 7) is 4.60. The van der Waals surface area contributed by atoms with Crippen molar-refractivity contribution in [2.45, 2.75) is 32.7 Å². The second-order valence-corrected chi connectivity index (χ2v) is 3.69. The van der Waals surface area contributed by atoms with Crippen LogP contribution in [0.25, 0.3) is 0 Å². The molecule has 0 spiro atoms. The minimum Gasteiger partial charge on any atom is -0.496 e. The summed E-state index contributed by atoms with van der Waals surface area (Å²) in [4.78, 5) is 0. The van der Waals surface area contributed by atoms with Crippen LogP contribution in [0.1, 0.15) is 26.7 Å². The minimum atomic E-state index is -0.245. The number of hydrogen-bond donors (Lipinski definition) is 1. The third-order valence-electron chi connectivity index (χ3n) is 2.36. The van der Waals surface area contributed by atoms with Crippen LogP contribution in [0, 0.1) is 5.92 Å². The lowest BCUT2D eigenvalue weighted by Gasteiger charge is -2.23. The second kappa shape index (κ2) is 5.15. The topological polar surface area (TPSA) is 35.2 Å². The van der Waals surface area contributed by atoms with Crippen LogP contribution in [0.2, 0.25) is 0 Å². The molecule has 1 aliphatic carbocycles. The number of hydrogen-bond acceptors (Lipinski definition) is 2. The predicted octanol–water partition coefficient (Wildman–Crippen LogP) is 2.52. The highest BCUT2D eigenvalue weighted by molar-refractivity contribution is 5.25. The first-order valence-corrected chi connectivity index (χ1v) is 5.12. The number of unbranched alkanes of at least 4 members (excludes halogenated alkanes) is 1. The van der Waals surface area contributed by atoms with Gasteiger partial charge in [-0.25, -0.2) is 4.39 Å². The SMILES string of the molecule is CCCCOC1=CC(F)=CC(C)C1N. The molecule has 2 N–H and O–H groups in total. The normalized spacial score (nSPS) is 26.9. The molecule has 0 aromatic carbocycles. The highest BCUT2D eigenvalue weighted by Crippen LogP contribution is 2.23. The summed E-state index contributed by atoms with van der Waals surface area (Å²) in [5.74, 6) is 0.341. The number of halogens is 1. The van der Waals surface area contributed by atoms with Gasteiger partial charge in [-0.05, 0) is 18.4 Å². The van der Waals surface area contributed by atoms with Crippen LogP contribution in [-0.2, 0) is 4.74 Å². The Hall–Kier alpha value is -0.830. The highest BCUT2D eigenvalue weighted by atomic mass is 19.1. The van der Waals surface area contributed by atoms with Crippen molar-refractivity contribution >= 4 is 0 Å². The lowest BCUT2D eigenvalue weighted by molar-refractivity contribution is 0.178. The highest BCUT2D eigenvalue weighted by Gasteiger charge is 2.22. The molecule has 14 heavy (non-hydrogen) atoms. The maximum atomic E-state index is 13.0. The maximum Gasteiger partial charge on any atom is 0.122 e. The van der Waals surface area contributed by atoms with E-state index in [1.165, 1.54) is 12.2 Å². The van der Waals surface area contributed by atoms with Crippen LogP contribution in [0.15, 0.2) is 23.7 Å². The van der Waals surface area contributed by atoms with E-state index in [-0.39, 0.29) is 17.8 Å². The fourth-order valence-electron chi connectivity index (χ4n) is 1.37. The first-order valence-electron chi connectivity index (χ1n) is 5.12. The fourth-order valence-corrected chi connectivity index (χ4v) is 1.37. The summed E-state index contributed by atoms with van der Waals surface area (Å²) in [5, 5.41) is 0. The molecule has 1 aliphatic rings. The molecule has 0 radical (unpaired) electrons. The van der Waals surface area contributed by atoms with Crippen molar-refractivity contribution in [2.75, 3.05) is 6.61 Å². The Bertz CT molecular complexity index is 248. The molecular formula is C11H18FNO. The molecule has 0 aliphatic heterocycles. The van der Waals surface area contributed by atoms with Crippen molar-refractivity contribution in [3.05, 3.63) is 23.7 Å². The van der Waals surface area contributed by atoms with Gasteiger partial charge in [0.15, 0.2) is 0 Å². The molecule has 2 unspecified atom stereocenters.